The molecule has 0 atom stereocenters. The van der Waals surface area contributed by atoms with Crippen LogP contribution in [0.3, 0.4) is 0 Å². The second-order valence-corrected chi connectivity index (χ2v) is 6.15. The Bertz CT molecular complexity index is 1060. The highest BCUT2D eigenvalue weighted by Crippen LogP contribution is 2.38. The fourth-order valence-electron chi connectivity index (χ4n) is 3.18. The van der Waals surface area contributed by atoms with Gasteiger partial charge in [-0.2, -0.15) is 0 Å². The summed E-state index contributed by atoms with van der Waals surface area (Å²) in [5, 5.41) is 2.34. The molecule has 0 aromatic heterocycles. The van der Waals surface area contributed by atoms with Crippen LogP contribution in [0.15, 0.2) is 71.7 Å². The summed E-state index contributed by atoms with van der Waals surface area (Å²) in [5.74, 6) is 1.03. The Morgan fingerprint density at radius 3 is 2.58 bits per heavy atom. The van der Waals surface area contributed by atoms with Crippen LogP contribution in [0.4, 0.5) is 11.4 Å². The van der Waals surface area contributed by atoms with Gasteiger partial charge in [0.15, 0.2) is 0 Å². The Kier molecular flexibility index (Phi) is 4.01. The molecule has 4 nitrogen and oxygen atoms in total. The maximum absolute atomic E-state index is 11.3. The molecule has 0 saturated carbocycles. The van der Waals surface area contributed by atoms with Crippen LogP contribution >= 0.6 is 0 Å². The lowest BCUT2D eigenvalue weighted by molar-refractivity contribution is -0.131. The number of carbonyl (C=O) groups is 1. The van der Waals surface area contributed by atoms with Crippen molar-refractivity contribution in [1.29, 1.82) is 0 Å². The fourth-order valence-corrected chi connectivity index (χ4v) is 3.18. The zero-order chi connectivity index (χ0) is 18.1. The van der Waals surface area contributed by atoms with Gasteiger partial charge in [-0.1, -0.05) is 42.5 Å². The highest BCUT2D eigenvalue weighted by atomic mass is 16.5. The molecule has 1 aliphatic rings. The maximum atomic E-state index is 11.3. The number of esters is 1. The lowest BCUT2D eigenvalue weighted by Crippen LogP contribution is -2.26. The Balaban J connectivity index is 1.74. The van der Waals surface area contributed by atoms with Gasteiger partial charge >= 0.3 is 5.97 Å². The predicted octanol–water partition coefficient (Wildman–Crippen LogP) is 4.96. The number of likely N-dealkylation sites (N-methyl/N-ethyl adjacent to an activating group) is 1. The van der Waals surface area contributed by atoms with E-state index in [1.807, 2.05) is 49.5 Å². The zero-order valence-corrected chi connectivity index (χ0v) is 14.6. The number of aliphatic imine (C=N–C) groups is 1. The van der Waals surface area contributed by atoms with Gasteiger partial charge in [-0.3, -0.25) is 4.79 Å². The SMILES string of the molecule is CC(=O)Oc1ccccc1/C=C/C1=Nc2cccc3cccc(c23)N1C. The van der Waals surface area contributed by atoms with E-state index in [2.05, 4.69) is 29.2 Å². The van der Waals surface area contributed by atoms with E-state index in [4.69, 9.17) is 9.73 Å². The summed E-state index contributed by atoms with van der Waals surface area (Å²) < 4.78 is 5.27. The molecule has 0 N–H and O–H groups in total. The van der Waals surface area contributed by atoms with Gasteiger partial charge in [0.25, 0.3) is 0 Å². The first-order valence-corrected chi connectivity index (χ1v) is 8.43. The molecule has 0 bridgehead atoms. The molecule has 3 aromatic carbocycles. The highest BCUT2D eigenvalue weighted by molar-refractivity contribution is 6.18. The highest BCUT2D eigenvalue weighted by Gasteiger charge is 2.17. The summed E-state index contributed by atoms with van der Waals surface area (Å²) in [6.45, 7) is 1.40. The van der Waals surface area contributed by atoms with Gasteiger partial charge in [0, 0.05) is 24.9 Å². The van der Waals surface area contributed by atoms with Gasteiger partial charge in [0.2, 0.25) is 0 Å². The Hall–Kier alpha value is -3.40. The number of carbonyl (C=O) groups excluding carboxylic acids is 1. The average molecular weight is 342 g/mol. The van der Waals surface area contributed by atoms with Gasteiger partial charge < -0.3 is 9.64 Å². The van der Waals surface area contributed by atoms with Crippen LogP contribution in [-0.4, -0.2) is 18.9 Å². The minimum Gasteiger partial charge on any atom is -0.426 e. The number of rotatable bonds is 3. The third-order valence-electron chi connectivity index (χ3n) is 4.39. The Labute approximate surface area is 152 Å². The van der Waals surface area contributed by atoms with Crippen LogP contribution in [0.2, 0.25) is 0 Å². The molecule has 3 aromatic rings. The minimum atomic E-state index is -0.335. The van der Waals surface area contributed by atoms with E-state index in [0.29, 0.717) is 5.75 Å². The summed E-state index contributed by atoms with van der Waals surface area (Å²) in [4.78, 5) is 18.2. The third-order valence-corrected chi connectivity index (χ3v) is 4.39. The zero-order valence-electron chi connectivity index (χ0n) is 14.6. The van der Waals surface area contributed by atoms with Gasteiger partial charge in [-0.15, -0.1) is 0 Å². The topological polar surface area (TPSA) is 41.9 Å². The molecule has 0 fully saturated rings. The molecule has 1 aliphatic heterocycles. The molecule has 1 heterocycles. The molecule has 0 amide bonds. The number of amidine groups is 1. The first-order valence-electron chi connectivity index (χ1n) is 8.43. The normalized spacial score (nSPS) is 13.2. The van der Waals surface area contributed by atoms with Crippen molar-refractivity contribution < 1.29 is 9.53 Å². The van der Waals surface area contributed by atoms with E-state index in [9.17, 15) is 4.79 Å². The summed E-state index contributed by atoms with van der Waals surface area (Å²) in [7, 11) is 2.01. The molecule has 128 valence electrons. The molecule has 4 heteroatoms. The van der Waals surface area contributed by atoms with Gasteiger partial charge in [-0.25, -0.2) is 4.99 Å². The van der Waals surface area contributed by atoms with Gasteiger partial charge in [-0.05, 0) is 35.7 Å². The predicted molar refractivity (Wildman–Crippen MR) is 106 cm³/mol. The quantitative estimate of drug-likeness (QED) is 0.499. The largest absolute Gasteiger partial charge is 0.426 e. The number of benzene rings is 3. The van der Waals surface area contributed by atoms with Crippen molar-refractivity contribution >= 4 is 40.0 Å². The van der Waals surface area contributed by atoms with E-state index >= 15 is 0 Å². The Morgan fingerprint density at radius 2 is 1.77 bits per heavy atom. The lowest BCUT2D eigenvalue weighted by Gasteiger charge is -2.26. The van der Waals surface area contributed by atoms with Crippen molar-refractivity contribution in [2.24, 2.45) is 4.99 Å². The van der Waals surface area contributed by atoms with Crippen molar-refractivity contribution in [3.8, 4) is 5.75 Å². The minimum absolute atomic E-state index is 0.335. The number of nitrogens with zero attached hydrogens (tertiary/aromatic N) is 2. The molecule has 0 unspecified atom stereocenters. The molecule has 0 radical (unpaired) electrons. The van der Waals surface area contributed by atoms with Crippen molar-refractivity contribution in [2.75, 3.05) is 11.9 Å². The van der Waals surface area contributed by atoms with Crippen molar-refractivity contribution in [3.63, 3.8) is 0 Å². The Morgan fingerprint density at radius 1 is 1.00 bits per heavy atom. The monoisotopic (exact) mass is 342 g/mol. The summed E-state index contributed by atoms with van der Waals surface area (Å²) >= 11 is 0. The first kappa shape index (κ1) is 16.1. The number of anilines is 1. The van der Waals surface area contributed by atoms with Crippen LogP contribution < -0.4 is 9.64 Å². The maximum Gasteiger partial charge on any atom is 0.308 e. The standard InChI is InChI=1S/C22H18N2O2/c1-15(25)26-20-12-4-3-7-16(20)13-14-21-23-18-10-5-8-17-9-6-11-19(22(17)18)24(21)2/h3-14H,1-2H3/b14-13+. The lowest BCUT2D eigenvalue weighted by atomic mass is 10.0. The molecule has 0 saturated heterocycles. The van der Waals surface area contributed by atoms with Crippen LogP contribution in [0.25, 0.3) is 16.8 Å². The van der Waals surface area contributed by atoms with Crippen LogP contribution in [0.5, 0.6) is 5.75 Å². The molecule has 26 heavy (non-hydrogen) atoms. The van der Waals surface area contributed by atoms with E-state index in [-0.39, 0.29) is 5.97 Å². The van der Waals surface area contributed by atoms with Crippen molar-refractivity contribution in [2.45, 2.75) is 6.92 Å². The third kappa shape index (κ3) is 2.86. The average Bonchev–Trinajstić information content (AvgIpc) is 2.64. The second-order valence-electron chi connectivity index (χ2n) is 6.15. The van der Waals surface area contributed by atoms with E-state index < -0.39 is 0 Å². The van der Waals surface area contributed by atoms with Gasteiger partial charge in [0.05, 0.1) is 11.4 Å². The molecular weight excluding hydrogens is 324 g/mol. The summed E-state index contributed by atoms with van der Waals surface area (Å²) in [6, 6.07) is 19.8. The van der Waals surface area contributed by atoms with Gasteiger partial charge in [0.1, 0.15) is 11.6 Å². The van der Waals surface area contributed by atoms with Crippen molar-refractivity contribution in [3.05, 3.63) is 72.3 Å². The van der Waals surface area contributed by atoms with Crippen LogP contribution in [0.1, 0.15) is 12.5 Å². The molecule has 0 aliphatic carbocycles. The smallest absolute Gasteiger partial charge is 0.308 e. The van der Waals surface area contributed by atoms with Crippen LogP contribution in [-0.2, 0) is 4.79 Å². The van der Waals surface area contributed by atoms with Crippen molar-refractivity contribution in [1.82, 2.24) is 0 Å². The summed E-state index contributed by atoms with van der Waals surface area (Å²) in [6.07, 6.45) is 3.86. The number of hydrogen-bond donors (Lipinski definition) is 0. The second kappa shape index (κ2) is 6.48. The first-order chi connectivity index (χ1) is 12.6. The number of ether oxygens (including phenoxy) is 1. The van der Waals surface area contributed by atoms with Crippen LogP contribution in [0, 0.1) is 0 Å². The molecular formula is C22H18N2O2. The summed E-state index contributed by atoms with van der Waals surface area (Å²) in [5.41, 5.74) is 2.92. The molecule has 4 rings (SSSR count). The number of hydrogen-bond acceptors (Lipinski definition) is 4. The van der Waals surface area contributed by atoms with E-state index in [0.717, 1.165) is 28.2 Å². The van der Waals surface area contributed by atoms with E-state index in [1.165, 1.54) is 12.3 Å². The number of para-hydroxylation sites is 1. The molecule has 0 spiro atoms. The van der Waals surface area contributed by atoms with E-state index in [1.54, 1.807) is 6.07 Å². The fraction of sp³-hybridized carbons (Fsp3) is 0.0909.